The molecule has 1 saturated heterocycles. The second-order valence-corrected chi connectivity index (χ2v) is 5.94. The van der Waals surface area contributed by atoms with Crippen LogP contribution in [0.4, 0.5) is 5.69 Å². The third kappa shape index (κ3) is 4.46. The molecule has 0 spiro atoms. The van der Waals surface area contributed by atoms with Crippen molar-refractivity contribution in [1.82, 2.24) is 10.2 Å². The minimum Gasteiger partial charge on any atom is -0.384 e. The van der Waals surface area contributed by atoms with Gasteiger partial charge in [0.25, 0.3) is 10.1 Å². The quantitative estimate of drug-likeness (QED) is 0.673. The smallest absolute Gasteiger partial charge is 0.294 e. The number of rotatable bonds is 5. The van der Waals surface area contributed by atoms with E-state index in [9.17, 15) is 8.42 Å². The molecule has 19 heavy (non-hydrogen) atoms. The summed E-state index contributed by atoms with van der Waals surface area (Å²) in [6, 6.07) is 6.09. The maximum absolute atomic E-state index is 10.9. The van der Waals surface area contributed by atoms with Crippen LogP contribution in [0.2, 0.25) is 0 Å². The fraction of sp³-hybridized carbons (Fsp3) is 0.500. The minimum atomic E-state index is -4.10. The maximum Gasteiger partial charge on any atom is 0.294 e. The molecular weight excluding hydrogens is 266 g/mol. The topological polar surface area (TPSA) is 81.7 Å². The number of nitrogens with one attached hydrogen (secondary N) is 2. The molecule has 0 aromatic heterocycles. The molecule has 1 aromatic carbocycles. The number of benzene rings is 1. The van der Waals surface area contributed by atoms with Gasteiger partial charge < -0.3 is 10.6 Å². The van der Waals surface area contributed by atoms with Gasteiger partial charge in [0.15, 0.2) is 0 Å². The van der Waals surface area contributed by atoms with E-state index in [0.717, 1.165) is 45.0 Å². The van der Waals surface area contributed by atoms with Crippen LogP contribution in [-0.2, 0) is 10.1 Å². The second kappa shape index (κ2) is 6.33. The molecule has 0 unspecified atom stereocenters. The van der Waals surface area contributed by atoms with Crippen LogP contribution >= 0.6 is 0 Å². The van der Waals surface area contributed by atoms with Gasteiger partial charge in [-0.3, -0.25) is 9.45 Å². The van der Waals surface area contributed by atoms with E-state index in [1.54, 1.807) is 12.1 Å². The van der Waals surface area contributed by atoms with E-state index in [1.807, 2.05) is 0 Å². The molecule has 7 heteroatoms. The molecule has 0 radical (unpaired) electrons. The Balaban J connectivity index is 1.80. The molecule has 0 bridgehead atoms. The van der Waals surface area contributed by atoms with Gasteiger partial charge in [0.05, 0.1) is 4.90 Å². The summed E-state index contributed by atoms with van der Waals surface area (Å²) in [4.78, 5) is 2.29. The van der Waals surface area contributed by atoms with Gasteiger partial charge in [-0.2, -0.15) is 8.42 Å². The molecule has 1 aliphatic heterocycles. The summed E-state index contributed by atoms with van der Waals surface area (Å²) in [7, 11) is -4.10. The summed E-state index contributed by atoms with van der Waals surface area (Å²) in [5.74, 6) is 0. The van der Waals surface area contributed by atoms with Gasteiger partial charge in [0, 0.05) is 45.0 Å². The summed E-state index contributed by atoms with van der Waals surface area (Å²) < 4.78 is 30.6. The third-order valence-corrected chi connectivity index (χ3v) is 3.99. The first-order chi connectivity index (χ1) is 9.05. The largest absolute Gasteiger partial charge is 0.384 e. The molecule has 0 saturated carbocycles. The standard InChI is InChI=1S/C12H19N3O3S/c16-19(17,18)12-3-1-11(2-4-12)14-7-10-15-8-5-13-6-9-15/h1-4,13-14H,5-10H2,(H,16,17,18). The lowest BCUT2D eigenvalue weighted by Crippen LogP contribution is -2.45. The number of nitrogens with zero attached hydrogens (tertiary/aromatic N) is 1. The molecular formula is C12H19N3O3S. The lowest BCUT2D eigenvalue weighted by Gasteiger charge is -2.27. The van der Waals surface area contributed by atoms with Gasteiger partial charge >= 0.3 is 0 Å². The van der Waals surface area contributed by atoms with Gasteiger partial charge in [0.2, 0.25) is 0 Å². The van der Waals surface area contributed by atoms with E-state index < -0.39 is 10.1 Å². The van der Waals surface area contributed by atoms with Crippen molar-refractivity contribution < 1.29 is 13.0 Å². The highest BCUT2D eigenvalue weighted by molar-refractivity contribution is 7.85. The van der Waals surface area contributed by atoms with Crippen LogP contribution in [0.25, 0.3) is 0 Å². The highest BCUT2D eigenvalue weighted by Gasteiger charge is 2.09. The molecule has 3 N–H and O–H groups in total. The fourth-order valence-corrected chi connectivity index (χ4v) is 2.52. The highest BCUT2D eigenvalue weighted by atomic mass is 32.2. The van der Waals surface area contributed by atoms with E-state index in [4.69, 9.17) is 4.55 Å². The van der Waals surface area contributed by atoms with E-state index in [-0.39, 0.29) is 4.90 Å². The Morgan fingerprint density at radius 3 is 2.42 bits per heavy atom. The van der Waals surface area contributed by atoms with Crippen LogP contribution < -0.4 is 10.6 Å². The average molecular weight is 285 g/mol. The van der Waals surface area contributed by atoms with Gasteiger partial charge in [-0.25, -0.2) is 0 Å². The second-order valence-electron chi connectivity index (χ2n) is 4.52. The number of hydrogen-bond acceptors (Lipinski definition) is 5. The Labute approximate surface area is 113 Å². The van der Waals surface area contributed by atoms with Gasteiger partial charge in [-0.1, -0.05) is 0 Å². The molecule has 0 amide bonds. The van der Waals surface area contributed by atoms with E-state index in [1.165, 1.54) is 12.1 Å². The number of anilines is 1. The van der Waals surface area contributed by atoms with E-state index in [0.29, 0.717) is 0 Å². The van der Waals surface area contributed by atoms with Crippen LogP contribution in [0.15, 0.2) is 29.2 Å². The zero-order valence-corrected chi connectivity index (χ0v) is 11.5. The lowest BCUT2D eigenvalue weighted by molar-refractivity contribution is 0.249. The summed E-state index contributed by atoms with van der Waals surface area (Å²) in [5, 5.41) is 6.53. The zero-order valence-electron chi connectivity index (χ0n) is 10.7. The lowest BCUT2D eigenvalue weighted by atomic mass is 10.3. The van der Waals surface area contributed by atoms with Crippen molar-refractivity contribution in [2.45, 2.75) is 4.90 Å². The maximum atomic E-state index is 10.9. The molecule has 1 aromatic rings. The number of hydrogen-bond donors (Lipinski definition) is 3. The highest BCUT2D eigenvalue weighted by Crippen LogP contribution is 2.13. The van der Waals surface area contributed by atoms with Crippen molar-refractivity contribution in [3.05, 3.63) is 24.3 Å². The Morgan fingerprint density at radius 1 is 1.21 bits per heavy atom. The Kier molecular flexibility index (Phi) is 4.76. The van der Waals surface area contributed by atoms with Crippen molar-refractivity contribution in [1.29, 1.82) is 0 Å². The predicted octanol–water partition coefficient (Wildman–Crippen LogP) is 0.250. The normalized spacial score (nSPS) is 17.3. The monoisotopic (exact) mass is 285 g/mol. The molecule has 6 nitrogen and oxygen atoms in total. The first-order valence-corrected chi connectivity index (χ1v) is 7.74. The summed E-state index contributed by atoms with van der Waals surface area (Å²) in [6.45, 7) is 5.95. The summed E-state index contributed by atoms with van der Waals surface area (Å²) in [5.41, 5.74) is 0.850. The van der Waals surface area contributed by atoms with Crippen molar-refractivity contribution in [3.8, 4) is 0 Å². The Morgan fingerprint density at radius 2 is 1.84 bits per heavy atom. The average Bonchev–Trinajstić information content (AvgIpc) is 2.39. The van der Waals surface area contributed by atoms with Gasteiger partial charge in [0.1, 0.15) is 0 Å². The van der Waals surface area contributed by atoms with Gasteiger partial charge in [-0.05, 0) is 24.3 Å². The molecule has 2 rings (SSSR count). The number of piperazine rings is 1. The Bertz CT molecular complexity index is 495. The van der Waals surface area contributed by atoms with E-state index in [2.05, 4.69) is 15.5 Å². The Hall–Kier alpha value is -1.15. The zero-order chi connectivity index (χ0) is 13.7. The van der Waals surface area contributed by atoms with Gasteiger partial charge in [-0.15, -0.1) is 0 Å². The molecule has 0 atom stereocenters. The van der Waals surface area contributed by atoms with Crippen LogP contribution in [0.5, 0.6) is 0 Å². The molecule has 0 aliphatic carbocycles. The SMILES string of the molecule is O=S(=O)(O)c1ccc(NCCN2CCNCC2)cc1. The fourth-order valence-electron chi connectivity index (χ4n) is 2.04. The van der Waals surface area contributed by atoms with Crippen LogP contribution in [0.3, 0.4) is 0 Å². The first kappa shape index (κ1) is 14.3. The minimum absolute atomic E-state index is 0.0832. The molecule has 1 fully saturated rings. The van der Waals surface area contributed by atoms with Crippen molar-refractivity contribution in [2.24, 2.45) is 0 Å². The molecule has 1 aliphatic rings. The van der Waals surface area contributed by atoms with Crippen LogP contribution in [-0.4, -0.2) is 57.1 Å². The van der Waals surface area contributed by atoms with Crippen LogP contribution in [0, 0.1) is 0 Å². The molecule has 106 valence electrons. The summed E-state index contributed by atoms with van der Waals surface area (Å²) in [6.07, 6.45) is 0. The van der Waals surface area contributed by atoms with Crippen molar-refractivity contribution >= 4 is 15.8 Å². The molecule has 1 heterocycles. The van der Waals surface area contributed by atoms with E-state index >= 15 is 0 Å². The van der Waals surface area contributed by atoms with Crippen molar-refractivity contribution in [2.75, 3.05) is 44.6 Å². The summed E-state index contributed by atoms with van der Waals surface area (Å²) >= 11 is 0. The first-order valence-electron chi connectivity index (χ1n) is 6.30. The third-order valence-electron chi connectivity index (χ3n) is 3.12. The van der Waals surface area contributed by atoms with Crippen LogP contribution in [0.1, 0.15) is 0 Å². The predicted molar refractivity (Wildman–Crippen MR) is 74.1 cm³/mol. The van der Waals surface area contributed by atoms with Crippen molar-refractivity contribution in [3.63, 3.8) is 0 Å².